The number of ether oxygens (including phenoxy) is 1. The summed E-state index contributed by atoms with van der Waals surface area (Å²) >= 11 is 9.10. The number of halogens is 2. The average molecular weight is 447 g/mol. The van der Waals surface area contributed by atoms with Gasteiger partial charge in [0.2, 0.25) is 15.8 Å². The molecule has 2 aromatic rings. The van der Waals surface area contributed by atoms with E-state index in [-0.39, 0.29) is 15.5 Å². The topological polar surface area (TPSA) is 89.5 Å². The predicted molar refractivity (Wildman–Crippen MR) is 96.5 cm³/mol. The Kier molecular flexibility index (Phi) is 6.34. The monoisotopic (exact) mass is 445 g/mol. The molecule has 0 spiro atoms. The van der Waals surface area contributed by atoms with Crippen molar-refractivity contribution in [1.29, 1.82) is 0 Å². The van der Waals surface area contributed by atoms with Crippen LogP contribution in [0.15, 0.2) is 51.8 Å². The number of esters is 1. The predicted octanol–water partition coefficient (Wildman–Crippen LogP) is 3.05. The zero-order chi connectivity index (χ0) is 18.6. The second kappa shape index (κ2) is 8.09. The minimum absolute atomic E-state index is 0.0295. The van der Waals surface area contributed by atoms with Crippen molar-refractivity contribution in [3.8, 4) is 0 Å². The molecule has 9 heteroatoms. The summed E-state index contributed by atoms with van der Waals surface area (Å²) in [4.78, 5) is 23.9. The summed E-state index contributed by atoms with van der Waals surface area (Å²) in [5, 5.41) is -0.0322. The summed E-state index contributed by atoms with van der Waals surface area (Å²) in [6.07, 6.45) is 0. The van der Waals surface area contributed by atoms with E-state index in [2.05, 4.69) is 20.7 Å². The molecule has 0 aromatic heterocycles. The molecule has 0 aliphatic rings. The van der Waals surface area contributed by atoms with Crippen LogP contribution in [0.1, 0.15) is 20.7 Å². The molecular formula is C16H13BrClNO5S. The summed E-state index contributed by atoms with van der Waals surface area (Å²) < 4.78 is 31.4. The molecule has 0 aliphatic heterocycles. The lowest BCUT2D eigenvalue weighted by molar-refractivity contribution is 0.0474. The van der Waals surface area contributed by atoms with Gasteiger partial charge in [-0.05, 0) is 31.3 Å². The first-order valence-electron chi connectivity index (χ1n) is 6.94. The van der Waals surface area contributed by atoms with Crippen LogP contribution < -0.4 is 4.72 Å². The third kappa shape index (κ3) is 4.66. The van der Waals surface area contributed by atoms with Crippen molar-refractivity contribution in [2.75, 3.05) is 13.7 Å². The van der Waals surface area contributed by atoms with Gasteiger partial charge in [-0.2, -0.15) is 0 Å². The van der Waals surface area contributed by atoms with E-state index in [1.165, 1.54) is 19.2 Å². The van der Waals surface area contributed by atoms with Crippen LogP contribution in [0.25, 0.3) is 0 Å². The van der Waals surface area contributed by atoms with Crippen molar-refractivity contribution in [3.63, 3.8) is 0 Å². The van der Waals surface area contributed by atoms with Gasteiger partial charge in [0.25, 0.3) is 0 Å². The second-order valence-corrected chi connectivity index (χ2v) is 7.95. The lowest BCUT2D eigenvalue weighted by atomic mass is 10.1. The van der Waals surface area contributed by atoms with Gasteiger partial charge >= 0.3 is 5.97 Å². The van der Waals surface area contributed by atoms with Gasteiger partial charge in [0.1, 0.15) is 4.90 Å². The maximum absolute atomic E-state index is 12.1. The Morgan fingerprint density at radius 2 is 1.88 bits per heavy atom. The fraction of sp³-hybridized carbons (Fsp3) is 0.125. The molecule has 0 radical (unpaired) electrons. The molecule has 2 aromatic carbocycles. The van der Waals surface area contributed by atoms with Crippen molar-refractivity contribution >= 4 is 49.3 Å². The molecule has 2 rings (SSSR count). The standard InChI is InChI=1S/C16H13BrClNO5S/c1-19-25(22,23)15-8-10(6-7-13(15)18)16(21)24-9-14(20)11-4-2-3-5-12(11)17/h2-8,19H,9H2,1H3. The first-order chi connectivity index (χ1) is 11.8. The zero-order valence-electron chi connectivity index (χ0n) is 13.0. The lowest BCUT2D eigenvalue weighted by Crippen LogP contribution is -2.20. The SMILES string of the molecule is CNS(=O)(=O)c1cc(C(=O)OCC(=O)c2ccccc2Br)ccc1Cl. The Balaban J connectivity index is 2.15. The van der Waals surface area contributed by atoms with Gasteiger partial charge in [0, 0.05) is 10.0 Å². The van der Waals surface area contributed by atoms with Gasteiger partial charge in [-0.15, -0.1) is 0 Å². The molecule has 6 nitrogen and oxygen atoms in total. The van der Waals surface area contributed by atoms with Crippen molar-refractivity contribution in [2.24, 2.45) is 0 Å². The molecule has 25 heavy (non-hydrogen) atoms. The largest absolute Gasteiger partial charge is 0.454 e. The molecule has 1 N–H and O–H groups in total. The molecule has 0 amide bonds. The number of rotatable bonds is 6. The quantitative estimate of drug-likeness (QED) is 0.544. The Bertz CT molecular complexity index is 930. The highest BCUT2D eigenvalue weighted by molar-refractivity contribution is 9.10. The summed E-state index contributed by atoms with van der Waals surface area (Å²) in [5.74, 6) is -1.22. The van der Waals surface area contributed by atoms with Crippen molar-refractivity contribution in [2.45, 2.75) is 4.90 Å². The normalized spacial score (nSPS) is 11.2. The van der Waals surface area contributed by atoms with E-state index in [1.807, 2.05) is 0 Å². The number of nitrogens with one attached hydrogen (secondary N) is 1. The number of sulfonamides is 1. The summed E-state index contributed by atoms with van der Waals surface area (Å²) in [7, 11) is -2.60. The molecule has 0 unspecified atom stereocenters. The van der Waals surface area contributed by atoms with E-state index in [4.69, 9.17) is 16.3 Å². The van der Waals surface area contributed by atoms with Gasteiger partial charge in [-0.25, -0.2) is 17.9 Å². The highest BCUT2D eigenvalue weighted by Crippen LogP contribution is 2.23. The molecule has 0 heterocycles. The van der Waals surface area contributed by atoms with Gasteiger partial charge in [-0.3, -0.25) is 4.79 Å². The molecular weight excluding hydrogens is 434 g/mol. The fourth-order valence-corrected chi connectivity index (χ4v) is 3.68. The molecule has 0 saturated heterocycles. The van der Waals surface area contributed by atoms with E-state index in [1.54, 1.807) is 24.3 Å². The number of benzene rings is 2. The van der Waals surface area contributed by atoms with E-state index in [0.29, 0.717) is 10.0 Å². The third-order valence-corrected chi connectivity index (χ3v) is 5.82. The zero-order valence-corrected chi connectivity index (χ0v) is 16.1. The minimum Gasteiger partial charge on any atom is -0.454 e. The average Bonchev–Trinajstić information content (AvgIpc) is 2.60. The molecule has 0 saturated carbocycles. The second-order valence-electron chi connectivity index (χ2n) is 4.83. The maximum Gasteiger partial charge on any atom is 0.338 e. The van der Waals surface area contributed by atoms with Crippen LogP contribution in [0.4, 0.5) is 0 Å². The first-order valence-corrected chi connectivity index (χ1v) is 9.59. The van der Waals surface area contributed by atoms with E-state index >= 15 is 0 Å². The molecule has 0 atom stereocenters. The van der Waals surface area contributed by atoms with Gasteiger partial charge in [0.05, 0.1) is 10.6 Å². The molecule has 0 bridgehead atoms. The summed E-state index contributed by atoms with van der Waals surface area (Å²) in [6, 6.07) is 10.4. The van der Waals surface area contributed by atoms with Crippen molar-refractivity contribution in [1.82, 2.24) is 4.72 Å². The van der Waals surface area contributed by atoms with Gasteiger partial charge in [0.15, 0.2) is 6.61 Å². The summed E-state index contributed by atoms with van der Waals surface area (Å²) in [6.45, 7) is -0.474. The van der Waals surface area contributed by atoms with Crippen molar-refractivity contribution < 1.29 is 22.7 Å². The highest BCUT2D eigenvalue weighted by Gasteiger charge is 2.20. The fourth-order valence-electron chi connectivity index (χ4n) is 1.93. The number of hydrogen-bond acceptors (Lipinski definition) is 5. The Morgan fingerprint density at radius 3 is 2.52 bits per heavy atom. The van der Waals surface area contributed by atoms with Crippen molar-refractivity contribution in [3.05, 3.63) is 63.1 Å². The molecule has 132 valence electrons. The van der Waals surface area contributed by atoms with Crippen LogP contribution in [0.2, 0.25) is 5.02 Å². The Morgan fingerprint density at radius 1 is 1.20 bits per heavy atom. The van der Waals surface area contributed by atoms with E-state index in [9.17, 15) is 18.0 Å². The Hall–Kier alpha value is -1.74. The van der Waals surface area contributed by atoms with Crippen LogP contribution in [0.3, 0.4) is 0 Å². The number of Topliss-reactive ketones (excluding diaryl/α,β-unsaturated/α-hetero) is 1. The first kappa shape index (κ1) is 19.6. The number of carbonyl (C=O) groups is 2. The number of hydrogen-bond donors (Lipinski definition) is 1. The van der Waals surface area contributed by atoms with Crippen LogP contribution in [-0.4, -0.2) is 33.8 Å². The third-order valence-electron chi connectivity index (χ3n) is 3.23. The minimum atomic E-state index is -3.83. The smallest absolute Gasteiger partial charge is 0.338 e. The lowest BCUT2D eigenvalue weighted by Gasteiger charge is -2.09. The van der Waals surface area contributed by atoms with E-state index < -0.39 is 28.4 Å². The Labute approximate surface area is 158 Å². The van der Waals surface area contributed by atoms with Crippen LogP contribution in [-0.2, 0) is 14.8 Å². The van der Waals surface area contributed by atoms with Crippen LogP contribution in [0, 0.1) is 0 Å². The molecule has 0 aliphatic carbocycles. The van der Waals surface area contributed by atoms with E-state index in [0.717, 1.165) is 6.07 Å². The highest BCUT2D eigenvalue weighted by atomic mass is 79.9. The summed E-state index contributed by atoms with van der Waals surface area (Å²) in [5.41, 5.74) is 0.350. The maximum atomic E-state index is 12.1. The molecule has 0 fully saturated rings. The van der Waals surface area contributed by atoms with Gasteiger partial charge in [-0.1, -0.05) is 45.7 Å². The number of ketones is 1. The number of carbonyl (C=O) groups excluding carboxylic acids is 2. The van der Waals surface area contributed by atoms with Crippen LogP contribution >= 0.6 is 27.5 Å². The van der Waals surface area contributed by atoms with Crippen LogP contribution in [0.5, 0.6) is 0 Å². The van der Waals surface area contributed by atoms with Gasteiger partial charge < -0.3 is 4.74 Å².